The number of halogens is 6. The maximum absolute atomic E-state index is 12.8. The number of alkyl halides is 6. The van der Waals surface area contributed by atoms with Crippen LogP contribution in [0.2, 0.25) is 0 Å². The van der Waals surface area contributed by atoms with E-state index in [1.807, 2.05) is 0 Å². The van der Waals surface area contributed by atoms with E-state index >= 15 is 0 Å². The van der Waals surface area contributed by atoms with Crippen molar-refractivity contribution < 1.29 is 31.1 Å². The van der Waals surface area contributed by atoms with Gasteiger partial charge in [-0.05, 0) is 37.1 Å². The number of nitrogens with one attached hydrogen (secondary N) is 3. The molecule has 0 spiro atoms. The molecule has 0 saturated carbocycles. The lowest BCUT2D eigenvalue weighted by Gasteiger charge is -2.22. The lowest BCUT2D eigenvalue weighted by atomic mass is 10.1. The Kier molecular flexibility index (Phi) is 6.03. The third-order valence-corrected chi connectivity index (χ3v) is 4.66. The Morgan fingerprint density at radius 3 is 2.17 bits per heavy atom. The molecule has 2 fully saturated rings. The van der Waals surface area contributed by atoms with Crippen LogP contribution in [-0.2, 0) is 6.18 Å². The second-order valence-electron chi connectivity index (χ2n) is 6.81. The van der Waals surface area contributed by atoms with Crippen LogP contribution in [0.3, 0.4) is 0 Å². The minimum Gasteiger partial charge on any atom is -0.343 e. The molecule has 0 aliphatic carbocycles. The summed E-state index contributed by atoms with van der Waals surface area (Å²) in [4.78, 5) is 18.4. The van der Waals surface area contributed by atoms with Crippen LogP contribution in [0.5, 0.6) is 0 Å². The summed E-state index contributed by atoms with van der Waals surface area (Å²) < 4.78 is 76.4. The van der Waals surface area contributed by atoms with Crippen LogP contribution in [0.4, 0.5) is 26.3 Å². The van der Waals surface area contributed by atoms with Gasteiger partial charge in [0.15, 0.2) is 0 Å². The normalized spacial score (nSPS) is 23.5. The Morgan fingerprint density at radius 1 is 1.03 bits per heavy atom. The van der Waals surface area contributed by atoms with Crippen molar-refractivity contribution in [2.45, 2.75) is 43.8 Å². The number of amides is 1. The molecule has 3 N–H and O–H groups in total. The highest BCUT2D eigenvalue weighted by Crippen LogP contribution is 2.29. The highest BCUT2D eigenvalue weighted by molar-refractivity contribution is 6.05. The van der Waals surface area contributed by atoms with E-state index in [0.717, 1.165) is 37.1 Å². The molecular weight excluding hydrogens is 404 g/mol. The number of carbonyl (C=O) groups excluding carboxylic acids is 1. The van der Waals surface area contributed by atoms with Gasteiger partial charge in [0.05, 0.1) is 5.56 Å². The number of carbonyl (C=O) groups is 1. The lowest BCUT2D eigenvalue weighted by molar-refractivity contribution is -0.153. The minimum atomic E-state index is -4.52. The van der Waals surface area contributed by atoms with Gasteiger partial charge in [0, 0.05) is 25.1 Å². The van der Waals surface area contributed by atoms with Crippen LogP contribution in [-0.4, -0.2) is 48.2 Å². The SMILES string of the molecule is O=C(NC(=NC1CC(C(F)(F)F)NN1)N1CCCC1)c1ccc(C(F)(F)F)cc1. The number of hydrazine groups is 1. The van der Waals surface area contributed by atoms with E-state index in [9.17, 15) is 31.1 Å². The molecule has 1 aromatic rings. The Morgan fingerprint density at radius 2 is 1.66 bits per heavy atom. The van der Waals surface area contributed by atoms with Crippen LogP contribution < -0.4 is 16.2 Å². The summed E-state index contributed by atoms with van der Waals surface area (Å²) in [6, 6.07) is 1.89. The van der Waals surface area contributed by atoms with Crippen molar-refractivity contribution in [3.05, 3.63) is 35.4 Å². The molecular formula is C17H19F6N5O. The summed E-state index contributed by atoms with van der Waals surface area (Å²) in [7, 11) is 0. The third kappa shape index (κ3) is 5.38. The van der Waals surface area contributed by atoms with Gasteiger partial charge >= 0.3 is 12.4 Å². The van der Waals surface area contributed by atoms with Crippen LogP contribution in [0.25, 0.3) is 0 Å². The molecule has 2 aliphatic rings. The van der Waals surface area contributed by atoms with Gasteiger partial charge in [0.2, 0.25) is 5.96 Å². The van der Waals surface area contributed by atoms with Crippen molar-refractivity contribution in [3.8, 4) is 0 Å². The summed E-state index contributed by atoms with van der Waals surface area (Å²) in [5.74, 6) is -0.600. The summed E-state index contributed by atoms with van der Waals surface area (Å²) in [6.45, 7) is 1.13. The predicted molar refractivity (Wildman–Crippen MR) is 91.7 cm³/mol. The second kappa shape index (κ2) is 8.19. The first kappa shape index (κ1) is 21.4. The summed E-state index contributed by atoms with van der Waals surface area (Å²) in [5.41, 5.74) is 3.67. The van der Waals surface area contributed by atoms with Crippen LogP contribution in [0.1, 0.15) is 35.2 Å². The first-order valence-corrected chi connectivity index (χ1v) is 8.93. The van der Waals surface area contributed by atoms with Crippen molar-refractivity contribution >= 4 is 11.9 Å². The van der Waals surface area contributed by atoms with Gasteiger partial charge in [0.1, 0.15) is 12.2 Å². The molecule has 2 aliphatic heterocycles. The number of hydrogen-bond donors (Lipinski definition) is 3. The van der Waals surface area contributed by atoms with E-state index in [1.165, 1.54) is 0 Å². The smallest absolute Gasteiger partial charge is 0.343 e. The Balaban J connectivity index is 1.73. The minimum absolute atomic E-state index is 0.0180. The zero-order chi connectivity index (χ0) is 21.2. The van der Waals surface area contributed by atoms with Crippen molar-refractivity contribution in [1.82, 2.24) is 21.1 Å². The largest absolute Gasteiger partial charge is 0.416 e. The molecule has 6 nitrogen and oxygen atoms in total. The highest BCUT2D eigenvalue weighted by atomic mass is 19.4. The average Bonchev–Trinajstić information content (AvgIpc) is 3.32. The molecule has 0 bridgehead atoms. The average molecular weight is 423 g/mol. The van der Waals surface area contributed by atoms with E-state index in [-0.39, 0.29) is 17.9 Å². The maximum atomic E-state index is 12.8. The fourth-order valence-electron chi connectivity index (χ4n) is 3.09. The van der Waals surface area contributed by atoms with Gasteiger partial charge in [-0.1, -0.05) is 0 Å². The van der Waals surface area contributed by atoms with E-state index in [1.54, 1.807) is 4.90 Å². The van der Waals surface area contributed by atoms with Gasteiger partial charge in [-0.2, -0.15) is 26.3 Å². The monoisotopic (exact) mass is 423 g/mol. The number of rotatable bonds is 2. The molecule has 2 heterocycles. The van der Waals surface area contributed by atoms with Crippen molar-refractivity contribution in [3.63, 3.8) is 0 Å². The van der Waals surface area contributed by atoms with E-state index in [0.29, 0.717) is 13.1 Å². The molecule has 2 atom stereocenters. The first-order valence-electron chi connectivity index (χ1n) is 8.93. The van der Waals surface area contributed by atoms with Crippen LogP contribution in [0.15, 0.2) is 29.3 Å². The van der Waals surface area contributed by atoms with Crippen molar-refractivity contribution in [1.29, 1.82) is 0 Å². The number of nitrogens with zero attached hydrogens (tertiary/aromatic N) is 2. The van der Waals surface area contributed by atoms with E-state index in [4.69, 9.17) is 0 Å². The molecule has 12 heteroatoms. The molecule has 2 saturated heterocycles. The third-order valence-electron chi connectivity index (χ3n) is 4.66. The molecule has 160 valence electrons. The first-order chi connectivity index (χ1) is 13.5. The summed E-state index contributed by atoms with van der Waals surface area (Å²) in [6.07, 6.45) is -8.56. The molecule has 29 heavy (non-hydrogen) atoms. The zero-order valence-corrected chi connectivity index (χ0v) is 15.1. The predicted octanol–water partition coefficient (Wildman–Crippen LogP) is 2.64. The standard InChI is InChI=1S/C17H19F6N5O/c18-16(19,20)11-5-3-10(4-6-11)14(29)25-15(28-7-1-2-8-28)24-13-9-12(26-27-13)17(21,22)23/h3-6,12-13,26-27H,1-2,7-9H2,(H,24,25,29). The van der Waals surface area contributed by atoms with Gasteiger partial charge in [-0.25, -0.2) is 15.8 Å². The van der Waals surface area contributed by atoms with Gasteiger partial charge in [-0.3, -0.25) is 10.1 Å². The Bertz CT molecular complexity index is 755. The number of benzene rings is 1. The van der Waals surface area contributed by atoms with Crippen LogP contribution >= 0.6 is 0 Å². The quantitative estimate of drug-likeness (QED) is 0.389. The number of aliphatic imine (C=N–C) groups is 1. The second-order valence-corrected chi connectivity index (χ2v) is 6.81. The van der Waals surface area contributed by atoms with Gasteiger partial charge in [0.25, 0.3) is 5.91 Å². The molecule has 1 amide bonds. The summed E-state index contributed by atoms with van der Waals surface area (Å²) in [5, 5.41) is 2.52. The van der Waals surface area contributed by atoms with Gasteiger partial charge < -0.3 is 4.90 Å². The van der Waals surface area contributed by atoms with Crippen LogP contribution in [0, 0.1) is 0 Å². The zero-order valence-electron chi connectivity index (χ0n) is 15.1. The fourth-order valence-corrected chi connectivity index (χ4v) is 3.09. The number of guanidine groups is 1. The van der Waals surface area contributed by atoms with E-state index < -0.39 is 36.0 Å². The van der Waals surface area contributed by atoms with Crippen molar-refractivity contribution in [2.75, 3.05) is 13.1 Å². The molecule has 3 rings (SSSR count). The molecule has 1 aromatic carbocycles. The molecule has 0 aromatic heterocycles. The summed E-state index contributed by atoms with van der Waals surface area (Å²) >= 11 is 0. The number of hydrogen-bond acceptors (Lipinski definition) is 4. The number of likely N-dealkylation sites (tertiary alicyclic amines) is 1. The fraction of sp³-hybridized carbons (Fsp3) is 0.529. The van der Waals surface area contributed by atoms with Gasteiger partial charge in [-0.15, -0.1) is 0 Å². The Labute approximate surface area is 162 Å². The topological polar surface area (TPSA) is 68.8 Å². The lowest BCUT2D eigenvalue weighted by Crippen LogP contribution is -2.45. The van der Waals surface area contributed by atoms with E-state index in [2.05, 4.69) is 21.2 Å². The Hall–Kier alpha value is -2.34. The highest BCUT2D eigenvalue weighted by Gasteiger charge is 2.44. The molecule has 0 radical (unpaired) electrons. The maximum Gasteiger partial charge on any atom is 0.416 e. The molecule has 2 unspecified atom stereocenters. The van der Waals surface area contributed by atoms with Crippen molar-refractivity contribution in [2.24, 2.45) is 4.99 Å².